The van der Waals surface area contributed by atoms with Gasteiger partial charge in [-0.25, -0.2) is 4.39 Å². The molecule has 84 valence electrons. The number of thioether (sulfide) groups is 1. The van der Waals surface area contributed by atoms with Gasteiger partial charge in [0.25, 0.3) is 0 Å². The number of rotatable bonds is 4. The second kappa shape index (κ2) is 5.18. The molecule has 2 aromatic rings. The van der Waals surface area contributed by atoms with Gasteiger partial charge in [0, 0.05) is 10.6 Å². The third-order valence-corrected chi connectivity index (χ3v) is 3.28. The molecule has 4 heteroatoms. The summed E-state index contributed by atoms with van der Waals surface area (Å²) < 4.78 is 17.9. The summed E-state index contributed by atoms with van der Waals surface area (Å²) in [6.07, 6.45) is 1.61. The average Bonchev–Trinajstić information content (AvgIpc) is 2.81. The molecule has 1 atom stereocenters. The lowest BCUT2D eigenvalue weighted by Gasteiger charge is -2.07. The summed E-state index contributed by atoms with van der Waals surface area (Å²) in [6, 6.07) is 9.92. The average molecular weight is 237 g/mol. The van der Waals surface area contributed by atoms with E-state index in [0.717, 1.165) is 10.7 Å². The second-order valence-electron chi connectivity index (χ2n) is 3.39. The van der Waals surface area contributed by atoms with Crippen molar-refractivity contribution in [2.75, 3.05) is 5.75 Å². The molecule has 16 heavy (non-hydrogen) atoms. The van der Waals surface area contributed by atoms with E-state index in [1.54, 1.807) is 30.2 Å². The van der Waals surface area contributed by atoms with Crippen LogP contribution in [-0.2, 0) is 0 Å². The first-order valence-electron chi connectivity index (χ1n) is 4.93. The van der Waals surface area contributed by atoms with Crippen LogP contribution < -0.4 is 5.73 Å². The second-order valence-corrected chi connectivity index (χ2v) is 4.48. The largest absolute Gasteiger partial charge is 0.468 e. The third kappa shape index (κ3) is 2.87. The Balaban J connectivity index is 1.90. The van der Waals surface area contributed by atoms with Crippen molar-refractivity contribution < 1.29 is 8.81 Å². The van der Waals surface area contributed by atoms with Crippen molar-refractivity contribution in [3.63, 3.8) is 0 Å². The van der Waals surface area contributed by atoms with Gasteiger partial charge in [0.1, 0.15) is 11.6 Å². The first-order valence-corrected chi connectivity index (χ1v) is 5.91. The van der Waals surface area contributed by atoms with E-state index in [9.17, 15) is 4.39 Å². The highest BCUT2D eigenvalue weighted by Crippen LogP contribution is 2.23. The molecule has 2 nitrogen and oxygen atoms in total. The molecule has 0 aliphatic carbocycles. The standard InChI is InChI=1S/C12H12FNOS/c13-9-3-5-10(6-4-9)16-8-11(14)12-2-1-7-15-12/h1-7,11H,8,14H2. The molecule has 1 heterocycles. The molecule has 0 aliphatic heterocycles. The highest BCUT2D eigenvalue weighted by Gasteiger charge is 2.08. The molecule has 0 saturated heterocycles. The minimum Gasteiger partial charge on any atom is -0.468 e. The van der Waals surface area contributed by atoms with E-state index in [1.807, 2.05) is 12.1 Å². The van der Waals surface area contributed by atoms with Crippen LogP contribution in [0.4, 0.5) is 4.39 Å². The summed E-state index contributed by atoms with van der Waals surface area (Å²) in [7, 11) is 0. The van der Waals surface area contributed by atoms with Gasteiger partial charge in [-0.2, -0.15) is 0 Å². The van der Waals surface area contributed by atoms with E-state index in [1.165, 1.54) is 12.1 Å². The topological polar surface area (TPSA) is 39.2 Å². The lowest BCUT2D eigenvalue weighted by Crippen LogP contribution is -2.11. The first-order chi connectivity index (χ1) is 7.75. The molecule has 0 radical (unpaired) electrons. The molecule has 2 N–H and O–H groups in total. The van der Waals surface area contributed by atoms with Gasteiger partial charge in [0.05, 0.1) is 12.3 Å². The minimum absolute atomic E-state index is 0.134. The molecular weight excluding hydrogens is 225 g/mol. The minimum atomic E-state index is -0.223. The molecule has 0 fully saturated rings. The van der Waals surface area contributed by atoms with Gasteiger partial charge in [-0.15, -0.1) is 11.8 Å². The van der Waals surface area contributed by atoms with Crippen LogP contribution >= 0.6 is 11.8 Å². The Morgan fingerprint density at radius 3 is 2.62 bits per heavy atom. The number of furan rings is 1. The van der Waals surface area contributed by atoms with Gasteiger partial charge in [0.15, 0.2) is 0 Å². The van der Waals surface area contributed by atoms with Crippen LogP contribution in [-0.4, -0.2) is 5.75 Å². The molecule has 0 amide bonds. The lowest BCUT2D eigenvalue weighted by atomic mass is 10.3. The van der Waals surface area contributed by atoms with E-state index in [4.69, 9.17) is 10.2 Å². The molecule has 0 spiro atoms. The fourth-order valence-corrected chi connectivity index (χ4v) is 2.17. The maximum absolute atomic E-state index is 12.7. The Morgan fingerprint density at radius 1 is 1.25 bits per heavy atom. The summed E-state index contributed by atoms with van der Waals surface area (Å²) in [6.45, 7) is 0. The smallest absolute Gasteiger partial charge is 0.123 e. The van der Waals surface area contributed by atoms with Gasteiger partial charge < -0.3 is 10.2 Å². The molecule has 1 unspecified atom stereocenters. The van der Waals surface area contributed by atoms with E-state index in [-0.39, 0.29) is 11.9 Å². The fourth-order valence-electron chi connectivity index (χ4n) is 1.30. The highest BCUT2D eigenvalue weighted by atomic mass is 32.2. The zero-order valence-electron chi connectivity index (χ0n) is 8.60. The van der Waals surface area contributed by atoms with Gasteiger partial charge in [0.2, 0.25) is 0 Å². The van der Waals surface area contributed by atoms with Crippen molar-refractivity contribution in [2.45, 2.75) is 10.9 Å². The number of benzene rings is 1. The Bertz CT molecular complexity index is 427. The van der Waals surface area contributed by atoms with Crippen LogP contribution in [0.3, 0.4) is 0 Å². The SMILES string of the molecule is NC(CSc1ccc(F)cc1)c1ccco1. The molecule has 0 aliphatic rings. The van der Waals surface area contributed by atoms with Crippen LogP contribution in [0.2, 0.25) is 0 Å². The monoisotopic (exact) mass is 237 g/mol. The van der Waals surface area contributed by atoms with Gasteiger partial charge in [-0.1, -0.05) is 0 Å². The maximum atomic E-state index is 12.7. The number of nitrogens with two attached hydrogens (primary N) is 1. The highest BCUT2D eigenvalue weighted by molar-refractivity contribution is 7.99. The summed E-state index contributed by atoms with van der Waals surface area (Å²) in [4.78, 5) is 1.00. The zero-order chi connectivity index (χ0) is 11.4. The molecule has 1 aromatic heterocycles. The number of halogens is 1. The lowest BCUT2D eigenvalue weighted by molar-refractivity contribution is 0.482. The van der Waals surface area contributed by atoms with Crippen molar-refractivity contribution in [1.82, 2.24) is 0 Å². The summed E-state index contributed by atoms with van der Waals surface area (Å²) in [5.41, 5.74) is 5.93. The van der Waals surface area contributed by atoms with Crippen molar-refractivity contribution in [3.8, 4) is 0 Å². The zero-order valence-corrected chi connectivity index (χ0v) is 9.41. The van der Waals surface area contributed by atoms with E-state index >= 15 is 0 Å². The molecule has 0 saturated carbocycles. The molecule has 2 rings (SSSR count). The number of hydrogen-bond acceptors (Lipinski definition) is 3. The quantitative estimate of drug-likeness (QED) is 0.830. The van der Waals surface area contributed by atoms with Crippen LogP contribution in [0.25, 0.3) is 0 Å². The fraction of sp³-hybridized carbons (Fsp3) is 0.167. The predicted molar refractivity (Wildman–Crippen MR) is 62.8 cm³/mol. The van der Waals surface area contributed by atoms with Crippen LogP contribution in [0.5, 0.6) is 0 Å². The van der Waals surface area contributed by atoms with Gasteiger partial charge in [-0.3, -0.25) is 0 Å². The maximum Gasteiger partial charge on any atom is 0.123 e. The van der Waals surface area contributed by atoms with E-state index in [2.05, 4.69) is 0 Å². The Morgan fingerprint density at radius 2 is 2.00 bits per heavy atom. The normalized spacial score (nSPS) is 12.6. The van der Waals surface area contributed by atoms with Crippen molar-refractivity contribution in [3.05, 3.63) is 54.2 Å². The van der Waals surface area contributed by atoms with Crippen LogP contribution in [0, 0.1) is 5.82 Å². The first kappa shape index (κ1) is 11.2. The molecule has 0 bridgehead atoms. The summed E-state index contributed by atoms with van der Waals surface area (Å²) in [5, 5.41) is 0. The van der Waals surface area contributed by atoms with Crippen molar-refractivity contribution in [1.29, 1.82) is 0 Å². The van der Waals surface area contributed by atoms with Crippen molar-refractivity contribution >= 4 is 11.8 Å². The summed E-state index contributed by atoms with van der Waals surface area (Å²) >= 11 is 1.58. The Hall–Kier alpha value is -1.26. The third-order valence-electron chi connectivity index (χ3n) is 2.15. The Kier molecular flexibility index (Phi) is 3.64. The molecular formula is C12H12FNOS. The van der Waals surface area contributed by atoms with Gasteiger partial charge in [-0.05, 0) is 36.4 Å². The van der Waals surface area contributed by atoms with E-state index < -0.39 is 0 Å². The van der Waals surface area contributed by atoms with Crippen LogP contribution in [0.1, 0.15) is 11.8 Å². The number of hydrogen-bond donors (Lipinski definition) is 1. The Labute approximate surface area is 97.6 Å². The van der Waals surface area contributed by atoms with Crippen LogP contribution in [0.15, 0.2) is 52.0 Å². The predicted octanol–water partition coefficient (Wildman–Crippen LogP) is 3.21. The van der Waals surface area contributed by atoms with Gasteiger partial charge >= 0.3 is 0 Å². The van der Waals surface area contributed by atoms with Crippen molar-refractivity contribution in [2.24, 2.45) is 5.73 Å². The van der Waals surface area contributed by atoms with E-state index in [0.29, 0.717) is 5.75 Å². The molecule has 1 aromatic carbocycles. The summed E-state index contributed by atoms with van der Waals surface area (Å²) in [5.74, 6) is 1.26.